The van der Waals surface area contributed by atoms with E-state index < -0.39 is 0 Å². The lowest BCUT2D eigenvalue weighted by molar-refractivity contribution is 0.209. The first kappa shape index (κ1) is 7.41. The molecule has 0 saturated heterocycles. The molecule has 3 rings (SSSR count). The molecule has 3 aliphatic rings. The van der Waals surface area contributed by atoms with E-state index >= 15 is 0 Å². The second-order valence-corrected chi connectivity index (χ2v) is 5.30. The lowest BCUT2D eigenvalue weighted by atomic mass is 9.77. The second kappa shape index (κ2) is 2.75. The van der Waals surface area contributed by atoms with E-state index in [1.807, 2.05) is 0 Å². The molecule has 0 radical (unpaired) electrons. The molecular formula is C12H20. The lowest BCUT2D eigenvalue weighted by Crippen LogP contribution is -2.20. The Morgan fingerprint density at radius 1 is 0.583 bits per heavy atom. The fourth-order valence-corrected chi connectivity index (χ4v) is 4.37. The molecule has 2 bridgehead atoms. The molecular weight excluding hydrogens is 144 g/mol. The van der Waals surface area contributed by atoms with Crippen molar-refractivity contribution < 1.29 is 0 Å². The molecule has 3 fully saturated rings. The molecule has 4 atom stereocenters. The summed E-state index contributed by atoms with van der Waals surface area (Å²) in [5.41, 5.74) is 0. The average Bonchev–Trinajstić information content (AvgIpc) is 2.58. The molecule has 0 heteroatoms. The molecule has 3 saturated carbocycles. The quantitative estimate of drug-likeness (QED) is 0.513. The van der Waals surface area contributed by atoms with Crippen molar-refractivity contribution in [2.75, 3.05) is 0 Å². The normalized spacial score (nSPS) is 52.0. The van der Waals surface area contributed by atoms with Crippen LogP contribution in [0.1, 0.15) is 51.4 Å². The number of hydrogen-bond donors (Lipinski definition) is 0. The Hall–Kier alpha value is 0. The minimum Gasteiger partial charge on any atom is -0.0533 e. The third kappa shape index (κ3) is 0.963. The van der Waals surface area contributed by atoms with E-state index in [2.05, 4.69) is 0 Å². The van der Waals surface area contributed by atoms with Gasteiger partial charge in [0.2, 0.25) is 0 Å². The Labute approximate surface area is 75.7 Å². The molecule has 12 heavy (non-hydrogen) atoms. The Morgan fingerprint density at radius 3 is 1.75 bits per heavy atom. The molecule has 0 aromatic heterocycles. The van der Waals surface area contributed by atoms with Gasteiger partial charge >= 0.3 is 0 Å². The van der Waals surface area contributed by atoms with Gasteiger partial charge in [0.25, 0.3) is 0 Å². The van der Waals surface area contributed by atoms with Crippen LogP contribution in [0, 0.1) is 23.7 Å². The van der Waals surface area contributed by atoms with Gasteiger partial charge in [0, 0.05) is 0 Å². The van der Waals surface area contributed by atoms with E-state index in [1.54, 1.807) is 44.9 Å². The highest BCUT2D eigenvalue weighted by Gasteiger charge is 2.46. The van der Waals surface area contributed by atoms with E-state index in [4.69, 9.17) is 0 Å². The lowest BCUT2D eigenvalue weighted by Gasteiger charge is -2.29. The number of rotatable bonds is 0. The molecule has 0 aromatic carbocycles. The van der Waals surface area contributed by atoms with Crippen molar-refractivity contribution in [3.8, 4) is 0 Å². The van der Waals surface area contributed by atoms with Crippen LogP contribution in [-0.2, 0) is 0 Å². The summed E-state index contributed by atoms with van der Waals surface area (Å²) in [5.74, 6) is 4.73. The van der Waals surface area contributed by atoms with Gasteiger partial charge in [-0.25, -0.2) is 0 Å². The van der Waals surface area contributed by atoms with Crippen molar-refractivity contribution in [1.82, 2.24) is 0 Å². The summed E-state index contributed by atoms with van der Waals surface area (Å²) in [5, 5.41) is 0. The van der Waals surface area contributed by atoms with E-state index in [-0.39, 0.29) is 0 Å². The maximum atomic E-state index is 1.62. The van der Waals surface area contributed by atoms with Crippen LogP contribution in [0.2, 0.25) is 0 Å². The molecule has 0 nitrogen and oxygen atoms in total. The molecule has 0 aromatic rings. The zero-order valence-corrected chi connectivity index (χ0v) is 7.97. The van der Waals surface area contributed by atoms with Gasteiger partial charge in [-0.2, -0.15) is 0 Å². The zero-order chi connectivity index (χ0) is 7.97. The SMILES string of the molecule is C1CCC2C3CCC(C3)C2CC1. The Kier molecular flexibility index (Phi) is 1.70. The van der Waals surface area contributed by atoms with Crippen LogP contribution in [0.4, 0.5) is 0 Å². The van der Waals surface area contributed by atoms with Gasteiger partial charge in [-0.3, -0.25) is 0 Å². The predicted octanol–water partition coefficient (Wildman–Crippen LogP) is 3.61. The smallest absolute Gasteiger partial charge is 0.0355 e. The molecule has 3 aliphatic carbocycles. The molecule has 0 N–H and O–H groups in total. The van der Waals surface area contributed by atoms with Crippen LogP contribution in [0.3, 0.4) is 0 Å². The first-order valence-electron chi connectivity index (χ1n) is 5.95. The minimum atomic E-state index is 1.18. The van der Waals surface area contributed by atoms with Crippen LogP contribution in [-0.4, -0.2) is 0 Å². The maximum absolute atomic E-state index is 1.62. The Bertz CT molecular complexity index is 155. The first-order chi connectivity index (χ1) is 5.95. The molecule has 0 heterocycles. The van der Waals surface area contributed by atoms with Crippen LogP contribution >= 0.6 is 0 Å². The van der Waals surface area contributed by atoms with E-state index in [0.29, 0.717) is 0 Å². The largest absolute Gasteiger partial charge is 0.0533 e. The summed E-state index contributed by atoms with van der Waals surface area (Å²) < 4.78 is 0. The van der Waals surface area contributed by atoms with Crippen LogP contribution < -0.4 is 0 Å². The summed E-state index contributed by atoms with van der Waals surface area (Å²) >= 11 is 0. The van der Waals surface area contributed by atoms with E-state index in [0.717, 1.165) is 0 Å². The van der Waals surface area contributed by atoms with E-state index in [1.165, 1.54) is 30.1 Å². The highest BCUT2D eigenvalue weighted by molar-refractivity contribution is 4.96. The Morgan fingerprint density at radius 2 is 1.17 bits per heavy atom. The van der Waals surface area contributed by atoms with Crippen molar-refractivity contribution >= 4 is 0 Å². The predicted molar refractivity (Wildman–Crippen MR) is 50.9 cm³/mol. The van der Waals surface area contributed by atoms with Gasteiger partial charge in [-0.1, -0.05) is 19.3 Å². The van der Waals surface area contributed by atoms with Gasteiger partial charge in [-0.15, -0.1) is 0 Å². The number of fused-ring (bicyclic) bond motifs is 5. The van der Waals surface area contributed by atoms with Gasteiger partial charge in [-0.05, 0) is 55.8 Å². The second-order valence-electron chi connectivity index (χ2n) is 5.30. The molecule has 0 amide bonds. The maximum Gasteiger partial charge on any atom is -0.0355 e. The van der Waals surface area contributed by atoms with Crippen molar-refractivity contribution in [3.63, 3.8) is 0 Å². The Balaban J connectivity index is 1.81. The third-order valence-corrected chi connectivity index (χ3v) is 4.85. The zero-order valence-electron chi connectivity index (χ0n) is 7.97. The van der Waals surface area contributed by atoms with Gasteiger partial charge in [0.15, 0.2) is 0 Å². The molecule has 0 aliphatic heterocycles. The van der Waals surface area contributed by atoms with Gasteiger partial charge in [0.1, 0.15) is 0 Å². The highest BCUT2D eigenvalue weighted by Crippen LogP contribution is 2.56. The summed E-state index contributed by atoms with van der Waals surface area (Å²) in [4.78, 5) is 0. The average molecular weight is 164 g/mol. The van der Waals surface area contributed by atoms with Crippen LogP contribution in [0.25, 0.3) is 0 Å². The van der Waals surface area contributed by atoms with Gasteiger partial charge in [0.05, 0.1) is 0 Å². The van der Waals surface area contributed by atoms with Gasteiger partial charge < -0.3 is 0 Å². The molecule has 0 spiro atoms. The third-order valence-electron chi connectivity index (χ3n) is 4.85. The fourth-order valence-electron chi connectivity index (χ4n) is 4.37. The summed E-state index contributed by atoms with van der Waals surface area (Å²) in [6.45, 7) is 0. The first-order valence-corrected chi connectivity index (χ1v) is 5.95. The topological polar surface area (TPSA) is 0 Å². The minimum absolute atomic E-state index is 1.18. The highest BCUT2D eigenvalue weighted by atomic mass is 14.5. The van der Waals surface area contributed by atoms with Crippen LogP contribution in [0.5, 0.6) is 0 Å². The number of hydrogen-bond acceptors (Lipinski definition) is 0. The summed E-state index contributed by atoms with van der Waals surface area (Å²) in [6, 6.07) is 0. The van der Waals surface area contributed by atoms with Crippen molar-refractivity contribution in [1.29, 1.82) is 0 Å². The molecule has 68 valence electrons. The van der Waals surface area contributed by atoms with E-state index in [9.17, 15) is 0 Å². The van der Waals surface area contributed by atoms with Crippen molar-refractivity contribution in [2.24, 2.45) is 23.7 Å². The van der Waals surface area contributed by atoms with Crippen molar-refractivity contribution in [2.45, 2.75) is 51.4 Å². The standard InChI is InChI=1S/C12H20/c1-2-4-11-9-6-7-10(8-9)12(11)5-3-1/h9-12H,1-8H2. The van der Waals surface area contributed by atoms with Crippen molar-refractivity contribution in [3.05, 3.63) is 0 Å². The summed E-state index contributed by atoms with van der Waals surface area (Å²) in [7, 11) is 0. The fraction of sp³-hybridized carbons (Fsp3) is 1.00. The molecule has 4 unspecified atom stereocenters. The van der Waals surface area contributed by atoms with Crippen LogP contribution in [0.15, 0.2) is 0 Å². The summed E-state index contributed by atoms with van der Waals surface area (Å²) in [6.07, 6.45) is 12.6. The monoisotopic (exact) mass is 164 g/mol.